The van der Waals surface area contributed by atoms with E-state index >= 15 is 4.39 Å². The first-order valence-electron chi connectivity index (χ1n) is 11.1. The maximum atomic E-state index is 15.2. The lowest BCUT2D eigenvalue weighted by atomic mass is 9.79. The van der Waals surface area contributed by atoms with E-state index in [4.69, 9.17) is 0 Å². The van der Waals surface area contributed by atoms with Gasteiger partial charge in [-0.05, 0) is 48.6 Å². The molecule has 1 N–H and O–H groups in total. The molecule has 0 radical (unpaired) electrons. The first kappa shape index (κ1) is 20.5. The van der Waals surface area contributed by atoms with Gasteiger partial charge in [-0.1, -0.05) is 12.1 Å². The van der Waals surface area contributed by atoms with E-state index in [0.29, 0.717) is 29.4 Å². The molecule has 6 nitrogen and oxygen atoms in total. The minimum atomic E-state index is -1.07. The summed E-state index contributed by atoms with van der Waals surface area (Å²) in [6.45, 7) is 0.377. The third-order valence-electron chi connectivity index (χ3n) is 6.74. The molecule has 2 aromatic carbocycles. The van der Waals surface area contributed by atoms with E-state index in [1.807, 2.05) is 39.6 Å². The largest absolute Gasteiger partial charge is 0.477 e. The van der Waals surface area contributed by atoms with Gasteiger partial charge in [-0.15, -0.1) is 0 Å². The van der Waals surface area contributed by atoms with Crippen molar-refractivity contribution in [2.24, 2.45) is 4.99 Å². The summed E-state index contributed by atoms with van der Waals surface area (Å²) in [5.41, 5.74) is 4.69. The number of aliphatic carboxylic acids is 1. The van der Waals surface area contributed by atoms with E-state index in [-0.39, 0.29) is 11.6 Å². The Kier molecular flexibility index (Phi) is 4.69. The van der Waals surface area contributed by atoms with Crippen LogP contribution in [0, 0.1) is 11.6 Å². The molecule has 0 saturated heterocycles. The molecule has 0 fully saturated rings. The number of carboxylic acids is 1. The monoisotopic (exact) mass is 458 g/mol. The highest BCUT2D eigenvalue weighted by Gasteiger charge is 2.36. The minimum Gasteiger partial charge on any atom is -0.477 e. The van der Waals surface area contributed by atoms with Crippen LogP contribution in [0.3, 0.4) is 0 Å². The van der Waals surface area contributed by atoms with Crippen molar-refractivity contribution in [2.75, 3.05) is 0 Å². The summed E-state index contributed by atoms with van der Waals surface area (Å²) in [5.74, 6) is -2.53. The zero-order valence-electron chi connectivity index (χ0n) is 18.1. The van der Waals surface area contributed by atoms with E-state index in [0.717, 1.165) is 41.4 Å². The van der Waals surface area contributed by atoms with E-state index in [9.17, 15) is 14.3 Å². The summed E-state index contributed by atoms with van der Waals surface area (Å²) in [4.78, 5) is 19.6. The molecule has 4 aromatic rings. The molecule has 1 aliphatic heterocycles. The highest BCUT2D eigenvalue weighted by Crippen LogP contribution is 2.44. The van der Waals surface area contributed by atoms with Crippen LogP contribution in [0.4, 0.5) is 8.78 Å². The number of carboxylic acid groups (broad SMARTS) is 1. The molecule has 3 heterocycles. The lowest BCUT2D eigenvalue weighted by Crippen LogP contribution is -2.28. The van der Waals surface area contributed by atoms with Crippen LogP contribution in [0.15, 0.2) is 71.9 Å². The Morgan fingerprint density at radius 2 is 2.00 bits per heavy atom. The average Bonchev–Trinajstić information content (AvgIpc) is 3.41. The Labute approximate surface area is 193 Å². The number of nitrogens with zero attached hydrogens (tertiary/aromatic N) is 4. The predicted molar refractivity (Wildman–Crippen MR) is 123 cm³/mol. The van der Waals surface area contributed by atoms with Crippen LogP contribution in [0.5, 0.6) is 0 Å². The number of rotatable bonds is 5. The molecule has 170 valence electrons. The molecule has 6 rings (SSSR count). The van der Waals surface area contributed by atoms with Gasteiger partial charge >= 0.3 is 5.97 Å². The molecule has 1 unspecified atom stereocenters. The fourth-order valence-electron chi connectivity index (χ4n) is 5.24. The van der Waals surface area contributed by atoms with Gasteiger partial charge in [-0.3, -0.25) is 0 Å². The van der Waals surface area contributed by atoms with Gasteiger partial charge in [0.15, 0.2) is 5.71 Å². The van der Waals surface area contributed by atoms with Crippen LogP contribution in [-0.4, -0.2) is 30.9 Å². The molecule has 0 spiro atoms. The van der Waals surface area contributed by atoms with Gasteiger partial charge in [0.1, 0.15) is 11.6 Å². The van der Waals surface area contributed by atoms with E-state index in [2.05, 4.69) is 9.98 Å². The second-order valence-corrected chi connectivity index (χ2v) is 8.68. The number of hydrogen-bond donors (Lipinski definition) is 1. The zero-order valence-corrected chi connectivity index (χ0v) is 18.1. The van der Waals surface area contributed by atoms with Gasteiger partial charge in [-0.25, -0.2) is 23.6 Å². The number of aromatic nitrogens is 3. The summed E-state index contributed by atoms with van der Waals surface area (Å²) in [7, 11) is 0. The average molecular weight is 458 g/mol. The van der Waals surface area contributed by atoms with Crippen molar-refractivity contribution in [1.29, 1.82) is 0 Å². The Balaban J connectivity index is 1.48. The molecular weight excluding hydrogens is 438 g/mol. The summed E-state index contributed by atoms with van der Waals surface area (Å²) in [6.07, 6.45) is 9.08. The first-order valence-corrected chi connectivity index (χ1v) is 11.1. The summed E-state index contributed by atoms with van der Waals surface area (Å²) >= 11 is 0. The van der Waals surface area contributed by atoms with E-state index < -0.39 is 17.6 Å². The zero-order chi connectivity index (χ0) is 23.4. The number of imidazole rings is 1. The first-order chi connectivity index (χ1) is 16.5. The number of carbonyl (C=O) groups is 1. The second-order valence-electron chi connectivity index (χ2n) is 8.68. The Hall–Kier alpha value is -4.07. The van der Waals surface area contributed by atoms with Gasteiger partial charge in [0, 0.05) is 59.5 Å². The quantitative estimate of drug-likeness (QED) is 0.458. The van der Waals surface area contributed by atoms with Crippen molar-refractivity contribution < 1.29 is 18.7 Å². The van der Waals surface area contributed by atoms with Crippen LogP contribution in [0.25, 0.3) is 16.6 Å². The molecule has 2 aromatic heterocycles. The molecule has 34 heavy (non-hydrogen) atoms. The molecule has 0 saturated carbocycles. The van der Waals surface area contributed by atoms with Crippen molar-refractivity contribution in [1.82, 2.24) is 14.1 Å². The molecule has 0 bridgehead atoms. The summed E-state index contributed by atoms with van der Waals surface area (Å²) in [5, 5.41) is 10.1. The topological polar surface area (TPSA) is 72.4 Å². The van der Waals surface area contributed by atoms with Crippen LogP contribution >= 0.6 is 0 Å². The van der Waals surface area contributed by atoms with Gasteiger partial charge in [0.2, 0.25) is 0 Å². The summed E-state index contributed by atoms with van der Waals surface area (Å²) in [6, 6.07) is 10.2. The third-order valence-corrected chi connectivity index (χ3v) is 6.74. The SMILES string of the molecule is O=C(O)C1=NC=C1C1CCCc2c1n(Cc1ccc(-n3ccnc3)cc1)c1c(F)cc(F)cc21. The fourth-order valence-corrected chi connectivity index (χ4v) is 5.24. The van der Waals surface area contributed by atoms with Crippen LogP contribution < -0.4 is 0 Å². The van der Waals surface area contributed by atoms with Crippen molar-refractivity contribution >= 4 is 22.6 Å². The molecule has 1 aliphatic carbocycles. The van der Waals surface area contributed by atoms with Crippen molar-refractivity contribution in [3.8, 4) is 5.69 Å². The predicted octanol–water partition coefficient (Wildman–Crippen LogP) is 5.00. The van der Waals surface area contributed by atoms with E-state index in [1.54, 1.807) is 18.7 Å². The maximum Gasteiger partial charge on any atom is 0.354 e. The number of halogens is 2. The van der Waals surface area contributed by atoms with Crippen molar-refractivity contribution in [3.63, 3.8) is 0 Å². The molecule has 8 heteroatoms. The number of aliphatic imine (C=N–C) groups is 1. The van der Waals surface area contributed by atoms with Gasteiger partial charge in [0.05, 0.1) is 11.8 Å². The highest BCUT2D eigenvalue weighted by molar-refractivity contribution is 6.44. The van der Waals surface area contributed by atoms with Crippen molar-refractivity contribution in [2.45, 2.75) is 31.7 Å². The van der Waals surface area contributed by atoms with E-state index in [1.165, 1.54) is 6.07 Å². The lowest BCUT2D eigenvalue weighted by Gasteiger charge is -2.29. The second kappa shape index (κ2) is 7.76. The number of benzene rings is 2. The number of hydrogen-bond acceptors (Lipinski definition) is 3. The lowest BCUT2D eigenvalue weighted by molar-refractivity contribution is -0.129. The normalized spacial score (nSPS) is 17.2. The Morgan fingerprint density at radius 1 is 1.18 bits per heavy atom. The number of fused-ring (bicyclic) bond motifs is 3. The van der Waals surface area contributed by atoms with Gasteiger partial charge in [0.25, 0.3) is 0 Å². The van der Waals surface area contributed by atoms with Crippen LogP contribution in [0.2, 0.25) is 0 Å². The Bertz CT molecular complexity index is 1500. The minimum absolute atomic E-state index is 0.0472. The van der Waals surface area contributed by atoms with Gasteiger partial charge < -0.3 is 14.2 Å². The maximum absolute atomic E-state index is 15.2. The van der Waals surface area contributed by atoms with Crippen LogP contribution in [-0.2, 0) is 17.8 Å². The third kappa shape index (κ3) is 3.17. The van der Waals surface area contributed by atoms with Gasteiger partial charge in [-0.2, -0.15) is 0 Å². The fraction of sp³-hybridized carbons (Fsp3) is 0.192. The molecule has 2 aliphatic rings. The summed E-state index contributed by atoms with van der Waals surface area (Å²) < 4.78 is 33.2. The standard InChI is InChI=1S/C26H20F2N4O2/c27-16-10-20-18-2-1-3-19(21-12-30-23(21)26(33)34)24(18)32(25(20)22(28)11-16)13-15-4-6-17(7-5-15)31-9-8-29-14-31/h4-12,14,19H,1-3,13H2,(H,33,34). The molecular formula is C26H20F2N4O2. The Morgan fingerprint density at radius 3 is 2.68 bits per heavy atom. The highest BCUT2D eigenvalue weighted by atomic mass is 19.1. The van der Waals surface area contributed by atoms with Crippen LogP contribution in [0.1, 0.15) is 35.6 Å². The molecule has 1 atom stereocenters. The number of aryl methyl sites for hydroxylation is 1. The van der Waals surface area contributed by atoms with Crippen molar-refractivity contribution in [3.05, 3.63) is 95.3 Å². The smallest absolute Gasteiger partial charge is 0.354 e. The molecule has 0 amide bonds.